The van der Waals surface area contributed by atoms with E-state index in [1.54, 1.807) is 0 Å². The maximum absolute atomic E-state index is 12.4. The van der Waals surface area contributed by atoms with Gasteiger partial charge in [0, 0.05) is 13.1 Å². The van der Waals surface area contributed by atoms with Crippen molar-refractivity contribution in [2.45, 2.75) is 39.5 Å². The Morgan fingerprint density at radius 1 is 1.13 bits per heavy atom. The Morgan fingerprint density at radius 2 is 1.83 bits per heavy atom. The Hall–Kier alpha value is -1.55. The fraction of sp³-hybridized carbons (Fsp3) is 0.556. The van der Waals surface area contributed by atoms with Crippen molar-refractivity contribution in [3.05, 3.63) is 28.3 Å². The number of amides is 2. The number of carbonyl (C=O) groups excluding carboxylic acids is 2. The highest BCUT2D eigenvalue weighted by atomic mass is 35.5. The van der Waals surface area contributed by atoms with Crippen LogP contribution in [0.3, 0.4) is 0 Å². The van der Waals surface area contributed by atoms with Crippen LogP contribution in [0.4, 0.5) is 5.69 Å². The van der Waals surface area contributed by atoms with E-state index < -0.39 is 0 Å². The van der Waals surface area contributed by atoms with Crippen molar-refractivity contribution >= 4 is 29.1 Å². The van der Waals surface area contributed by atoms with Crippen molar-refractivity contribution in [2.24, 2.45) is 11.8 Å². The van der Waals surface area contributed by atoms with Crippen LogP contribution in [0.5, 0.6) is 0 Å². The topological polar surface area (TPSA) is 49.4 Å². The van der Waals surface area contributed by atoms with Gasteiger partial charge < -0.3 is 10.2 Å². The zero-order valence-electron chi connectivity index (χ0n) is 13.7. The van der Waals surface area contributed by atoms with E-state index >= 15 is 0 Å². The van der Waals surface area contributed by atoms with Crippen molar-refractivity contribution in [2.75, 3.05) is 18.4 Å². The number of hydrogen-bond donors (Lipinski definition) is 1. The molecule has 1 heterocycles. The third kappa shape index (κ3) is 3.52. The van der Waals surface area contributed by atoms with Gasteiger partial charge in [0.15, 0.2) is 0 Å². The van der Waals surface area contributed by atoms with Crippen molar-refractivity contribution in [3.8, 4) is 0 Å². The molecule has 4 nitrogen and oxygen atoms in total. The molecule has 2 atom stereocenters. The highest BCUT2D eigenvalue weighted by molar-refractivity contribution is 6.34. The Morgan fingerprint density at radius 3 is 2.48 bits per heavy atom. The van der Waals surface area contributed by atoms with Crippen LogP contribution in [0.25, 0.3) is 0 Å². The molecule has 1 saturated heterocycles. The molecule has 0 radical (unpaired) electrons. The normalized spacial score (nSPS) is 23.5. The molecule has 1 aromatic carbocycles. The molecule has 2 amide bonds. The molecule has 3 rings (SSSR count). The number of rotatable bonds is 3. The van der Waals surface area contributed by atoms with Crippen LogP contribution in [0.15, 0.2) is 12.1 Å². The predicted octanol–water partition coefficient (Wildman–Crippen LogP) is 3.54. The number of halogens is 1. The summed E-state index contributed by atoms with van der Waals surface area (Å²) in [5.41, 5.74) is 2.68. The summed E-state index contributed by atoms with van der Waals surface area (Å²) >= 11 is 6.23. The average molecular weight is 335 g/mol. The molecule has 5 heteroatoms. The van der Waals surface area contributed by atoms with Crippen LogP contribution in [-0.4, -0.2) is 29.8 Å². The highest BCUT2D eigenvalue weighted by Crippen LogP contribution is 2.42. The van der Waals surface area contributed by atoms with Gasteiger partial charge in [-0.2, -0.15) is 0 Å². The van der Waals surface area contributed by atoms with Gasteiger partial charge in [0.05, 0.1) is 22.5 Å². The number of nitrogens with zero attached hydrogens (tertiary/aromatic N) is 1. The molecule has 1 aliphatic heterocycles. The number of nitrogens with one attached hydrogen (secondary N) is 1. The number of anilines is 1. The van der Waals surface area contributed by atoms with Crippen LogP contribution in [0, 0.1) is 25.7 Å². The lowest BCUT2D eigenvalue weighted by Gasteiger charge is -2.26. The lowest BCUT2D eigenvalue weighted by Crippen LogP contribution is -2.37. The number of hydrogen-bond acceptors (Lipinski definition) is 2. The van der Waals surface area contributed by atoms with Crippen molar-refractivity contribution in [1.29, 1.82) is 0 Å². The standard InChI is InChI=1S/C18H23ClN2O2/c1-11-8-12(2)16(15(19)9-11)20-17(22)13-10-14(13)18(23)21-6-4-3-5-7-21/h8-9,13-14H,3-7,10H2,1-2H3,(H,20,22). The van der Waals surface area contributed by atoms with Crippen LogP contribution >= 0.6 is 11.6 Å². The summed E-state index contributed by atoms with van der Waals surface area (Å²) in [4.78, 5) is 26.8. The molecule has 1 aliphatic carbocycles. The van der Waals surface area contributed by atoms with E-state index in [9.17, 15) is 9.59 Å². The monoisotopic (exact) mass is 334 g/mol. The zero-order valence-corrected chi connectivity index (χ0v) is 14.4. The van der Waals surface area contributed by atoms with Gasteiger partial charge in [0.25, 0.3) is 0 Å². The molecule has 0 bridgehead atoms. The summed E-state index contributed by atoms with van der Waals surface area (Å²) in [6.07, 6.45) is 4.01. The Bertz CT molecular complexity index is 615. The second kappa shape index (κ2) is 6.52. The Labute approximate surface area is 142 Å². The summed E-state index contributed by atoms with van der Waals surface area (Å²) in [5, 5.41) is 3.47. The molecule has 0 spiro atoms. The molecule has 2 unspecified atom stereocenters. The lowest BCUT2D eigenvalue weighted by molar-refractivity contribution is -0.134. The Balaban J connectivity index is 1.61. The molecule has 0 aromatic heterocycles. The van der Waals surface area contributed by atoms with E-state index in [-0.39, 0.29) is 23.7 Å². The average Bonchev–Trinajstić information content (AvgIpc) is 3.31. The van der Waals surface area contributed by atoms with Gasteiger partial charge in [-0.05, 0) is 56.7 Å². The molecule has 1 saturated carbocycles. The first kappa shape index (κ1) is 16.3. The van der Waals surface area contributed by atoms with Crippen LogP contribution in [0.2, 0.25) is 5.02 Å². The summed E-state index contributed by atoms with van der Waals surface area (Å²) in [5.74, 6) is -0.287. The van der Waals surface area contributed by atoms with Gasteiger partial charge in [-0.3, -0.25) is 9.59 Å². The van der Waals surface area contributed by atoms with Crippen LogP contribution in [-0.2, 0) is 9.59 Å². The van der Waals surface area contributed by atoms with E-state index in [0.717, 1.165) is 37.1 Å². The molecule has 2 aliphatic rings. The van der Waals surface area contributed by atoms with Gasteiger partial charge in [0.2, 0.25) is 11.8 Å². The number of carbonyl (C=O) groups is 2. The largest absolute Gasteiger partial charge is 0.342 e. The minimum Gasteiger partial charge on any atom is -0.342 e. The summed E-state index contributed by atoms with van der Waals surface area (Å²) < 4.78 is 0. The van der Waals surface area contributed by atoms with Gasteiger partial charge in [0.1, 0.15) is 0 Å². The maximum Gasteiger partial charge on any atom is 0.228 e. The van der Waals surface area contributed by atoms with Crippen molar-refractivity contribution in [3.63, 3.8) is 0 Å². The molecule has 23 heavy (non-hydrogen) atoms. The third-order valence-corrected chi connectivity index (χ3v) is 5.09. The number of piperidine rings is 1. The molecule has 2 fully saturated rings. The maximum atomic E-state index is 12.4. The number of benzene rings is 1. The van der Waals surface area contributed by atoms with E-state index in [4.69, 9.17) is 11.6 Å². The van der Waals surface area contributed by atoms with Crippen molar-refractivity contribution < 1.29 is 9.59 Å². The minimum absolute atomic E-state index is 0.0887. The first-order chi connectivity index (χ1) is 11.0. The Kier molecular flexibility index (Phi) is 4.62. The van der Waals surface area contributed by atoms with Crippen LogP contribution in [0.1, 0.15) is 36.8 Å². The number of likely N-dealkylation sites (tertiary alicyclic amines) is 1. The minimum atomic E-state index is -0.207. The smallest absolute Gasteiger partial charge is 0.228 e. The van der Waals surface area contributed by atoms with Gasteiger partial charge >= 0.3 is 0 Å². The molecule has 124 valence electrons. The highest BCUT2D eigenvalue weighted by Gasteiger charge is 2.49. The predicted molar refractivity (Wildman–Crippen MR) is 91.6 cm³/mol. The summed E-state index contributed by atoms with van der Waals surface area (Å²) in [7, 11) is 0. The fourth-order valence-corrected chi connectivity index (χ4v) is 3.76. The van der Waals surface area contributed by atoms with Gasteiger partial charge in [-0.15, -0.1) is 0 Å². The summed E-state index contributed by atoms with van der Waals surface area (Å²) in [6.45, 7) is 5.58. The fourth-order valence-electron chi connectivity index (χ4n) is 3.40. The first-order valence-corrected chi connectivity index (χ1v) is 8.71. The van der Waals surface area contributed by atoms with E-state index in [0.29, 0.717) is 17.1 Å². The van der Waals surface area contributed by atoms with E-state index in [1.807, 2.05) is 30.9 Å². The zero-order chi connectivity index (χ0) is 16.6. The van der Waals surface area contributed by atoms with E-state index in [1.165, 1.54) is 6.42 Å². The molecule has 1 N–H and O–H groups in total. The first-order valence-electron chi connectivity index (χ1n) is 8.34. The molecular formula is C18H23ClN2O2. The molecular weight excluding hydrogens is 312 g/mol. The van der Waals surface area contributed by atoms with E-state index in [2.05, 4.69) is 5.32 Å². The second-order valence-electron chi connectivity index (χ2n) is 6.76. The summed E-state index contributed by atoms with van der Waals surface area (Å²) in [6, 6.07) is 3.83. The SMILES string of the molecule is Cc1cc(C)c(NC(=O)C2CC2C(=O)N2CCCCC2)c(Cl)c1. The van der Waals surface area contributed by atoms with Gasteiger partial charge in [-0.25, -0.2) is 0 Å². The van der Waals surface area contributed by atoms with Gasteiger partial charge in [-0.1, -0.05) is 17.7 Å². The lowest BCUT2D eigenvalue weighted by atomic mass is 10.1. The second-order valence-corrected chi connectivity index (χ2v) is 7.17. The quantitative estimate of drug-likeness (QED) is 0.919. The molecule has 1 aromatic rings. The van der Waals surface area contributed by atoms with Crippen LogP contribution < -0.4 is 5.32 Å². The third-order valence-electron chi connectivity index (χ3n) is 4.79. The number of aryl methyl sites for hydroxylation is 2. The van der Waals surface area contributed by atoms with Crippen molar-refractivity contribution in [1.82, 2.24) is 4.90 Å².